The van der Waals surface area contributed by atoms with Crippen molar-refractivity contribution in [2.45, 2.75) is 57.7 Å². The molecule has 5 nitrogen and oxygen atoms in total. The van der Waals surface area contributed by atoms with Crippen molar-refractivity contribution in [3.8, 4) is 5.75 Å². The van der Waals surface area contributed by atoms with Crippen LogP contribution in [-0.4, -0.2) is 40.0 Å². The summed E-state index contributed by atoms with van der Waals surface area (Å²) in [5.74, 6) is -3.61. The number of likely N-dealkylation sites (tertiary alicyclic amines) is 1. The van der Waals surface area contributed by atoms with Crippen LogP contribution in [-0.2, 0) is 6.54 Å². The number of rotatable bonds is 6. The number of benzene rings is 2. The van der Waals surface area contributed by atoms with Gasteiger partial charge in [0.2, 0.25) is 5.92 Å². The van der Waals surface area contributed by atoms with Crippen LogP contribution in [0.4, 0.5) is 17.6 Å². The number of H-pyrrole nitrogens is 1. The SMILES string of the molecule is Cc1cc(OC(F)F)c(CN2CCC3(C[C@H]2c2ccc(C(=O)O)cc2)CC(F)(F)C3)c2cc[nH]c12. The van der Waals surface area contributed by atoms with Gasteiger partial charge in [0.05, 0.1) is 5.56 Å². The molecule has 3 aromatic rings. The van der Waals surface area contributed by atoms with Gasteiger partial charge in [0.15, 0.2) is 0 Å². The molecular formula is C26H26F4N2O3. The number of aryl methyl sites for hydroxylation is 1. The van der Waals surface area contributed by atoms with E-state index in [0.717, 1.165) is 22.0 Å². The number of piperidine rings is 1. The lowest BCUT2D eigenvalue weighted by Gasteiger charge is -2.54. The molecule has 1 atom stereocenters. The Morgan fingerprint density at radius 1 is 1.23 bits per heavy atom. The summed E-state index contributed by atoms with van der Waals surface area (Å²) in [5, 5.41) is 10.0. The highest BCUT2D eigenvalue weighted by atomic mass is 19.3. The first-order chi connectivity index (χ1) is 16.6. The van der Waals surface area contributed by atoms with Crippen LogP contribution in [0.15, 0.2) is 42.6 Å². The van der Waals surface area contributed by atoms with E-state index in [1.807, 2.05) is 13.0 Å². The molecule has 9 heteroatoms. The number of carbonyl (C=O) groups is 1. The van der Waals surface area contributed by atoms with Crippen molar-refractivity contribution in [2.24, 2.45) is 5.41 Å². The maximum Gasteiger partial charge on any atom is 0.387 e. The predicted molar refractivity (Wildman–Crippen MR) is 122 cm³/mol. The molecule has 35 heavy (non-hydrogen) atoms. The van der Waals surface area contributed by atoms with Gasteiger partial charge in [-0.15, -0.1) is 0 Å². The molecule has 2 aliphatic rings. The number of fused-ring (bicyclic) bond motifs is 1. The first-order valence-corrected chi connectivity index (χ1v) is 11.6. The van der Waals surface area contributed by atoms with Crippen molar-refractivity contribution in [3.63, 3.8) is 0 Å². The van der Waals surface area contributed by atoms with Crippen molar-refractivity contribution in [1.29, 1.82) is 0 Å². The van der Waals surface area contributed by atoms with Gasteiger partial charge in [-0.05, 0) is 67.1 Å². The molecule has 1 saturated heterocycles. The Kier molecular flexibility index (Phi) is 5.78. The van der Waals surface area contributed by atoms with E-state index in [0.29, 0.717) is 24.9 Å². The zero-order chi connectivity index (χ0) is 25.0. The fourth-order valence-corrected chi connectivity index (χ4v) is 5.91. The number of halogens is 4. The highest BCUT2D eigenvalue weighted by Crippen LogP contribution is 2.60. The molecule has 2 heterocycles. The molecule has 2 N–H and O–H groups in total. The number of aromatic nitrogens is 1. The minimum atomic E-state index is -2.98. The first kappa shape index (κ1) is 23.7. The quantitative estimate of drug-likeness (QED) is 0.386. The molecule has 1 aliphatic carbocycles. The summed E-state index contributed by atoms with van der Waals surface area (Å²) in [4.78, 5) is 16.6. The largest absolute Gasteiger partial charge is 0.478 e. The zero-order valence-corrected chi connectivity index (χ0v) is 19.2. The van der Waals surface area contributed by atoms with Crippen LogP contribution in [0.25, 0.3) is 10.9 Å². The molecule has 1 saturated carbocycles. The van der Waals surface area contributed by atoms with Crippen LogP contribution in [0.5, 0.6) is 5.75 Å². The second-order valence-corrected chi connectivity index (χ2v) is 9.89. The van der Waals surface area contributed by atoms with Gasteiger partial charge in [0, 0.05) is 48.1 Å². The minimum Gasteiger partial charge on any atom is -0.478 e. The molecule has 1 spiro atoms. The van der Waals surface area contributed by atoms with E-state index in [1.54, 1.807) is 24.4 Å². The highest BCUT2D eigenvalue weighted by Gasteiger charge is 2.58. The van der Waals surface area contributed by atoms with Gasteiger partial charge >= 0.3 is 12.6 Å². The Morgan fingerprint density at radius 3 is 2.57 bits per heavy atom. The molecule has 2 fully saturated rings. The third-order valence-electron chi connectivity index (χ3n) is 7.49. The number of nitrogens with one attached hydrogen (secondary N) is 1. The summed E-state index contributed by atoms with van der Waals surface area (Å²) in [6.07, 6.45) is 2.49. The lowest BCUT2D eigenvalue weighted by Crippen LogP contribution is -2.53. The van der Waals surface area contributed by atoms with Crippen LogP contribution in [0, 0.1) is 12.3 Å². The Morgan fingerprint density at radius 2 is 1.94 bits per heavy atom. The minimum absolute atomic E-state index is 0.0973. The van der Waals surface area contributed by atoms with E-state index < -0.39 is 23.9 Å². The summed E-state index contributed by atoms with van der Waals surface area (Å²) in [5.41, 5.74) is 2.69. The van der Waals surface area contributed by atoms with Crippen LogP contribution >= 0.6 is 0 Å². The standard InChI is InChI=1S/C26H26F4N2O3/c1-15-10-21(35-24(27)28)19(18-6-8-31-22(15)18)12-32-9-7-25(13-26(29,30)14-25)11-20(32)16-2-4-17(5-3-16)23(33)34/h2-6,8,10,20,24,31H,7,9,11-14H2,1H3,(H,33,34)/t20-/m0/s1. The summed E-state index contributed by atoms with van der Waals surface area (Å²) >= 11 is 0. The van der Waals surface area contributed by atoms with E-state index in [9.17, 15) is 27.5 Å². The molecule has 1 aromatic heterocycles. The van der Waals surface area contributed by atoms with Gasteiger partial charge in [-0.1, -0.05) is 12.1 Å². The number of hydrogen-bond donors (Lipinski definition) is 2. The second kappa shape index (κ2) is 8.55. The third kappa shape index (κ3) is 4.49. The van der Waals surface area contributed by atoms with Crippen LogP contribution in [0.3, 0.4) is 0 Å². The van der Waals surface area contributed by atoms with Crippen molar-refractivity contribution < 1.29 is 32.2 Å². The first-order valence-electron chi connectivity index (χ1n) is 11.6. The Hall–Kier alpha value is -3.07. The van der Waals surface area contributed by atoms with E-state index in [4.69, 9.17) is 4.74 Å². The number of carboxylic acids is 1. The lowest BCUT2D eigenvalue weighted by atomic mass is 9.59. The van der Waals surface area contributed by atoms with Gasteiger partial charge in [0.25, 0.3) is 0 Å². The van der Waals surface area contributed by atoms with Crippen molar-refractivity contribution in [1.82, 2.24) is 9.88 Å². The van der Waals surface area contributed by atoms with Crippen molar-refractivity contribution in [3.05, 3.63) is 64.8 Å². The Bertz CT molecular complexity index is 1250. The summed E-state index contributed by atoms with van der Waals surface area (Å²) < 4.78 is 59.1. The van der Waals surface area contributed by atoms with Crippen molar-refractivity contribution in [2.75, 3.05) is 6.54 Å². The number of carboxylic acid groups (broad SMARTS) is 1. The topological polar surface area (TPSA) is 65.6 Å². The normalized spacial score (nSPS) is 21.4. The Balaban J connectivity index is 1.51. The number of alkyl halides is 4. The lowest BCUT2D eigenvalue weighted by molar-refractivity contribution is -0.186. The molecular weight excluding hydrogens is 464 g/mol. The molecule has 186 valence electrons. The molecule has 0 amide bonds. The molecule has 0 radical (unpaired) electrons. The smallest absolute Gasteiger partial charge is 0.387 e. The maximum absolute atomic E-state index is 13.9. The highest BCUT2D eigenvalue weighted by molar-refractivity contribution is 5.88. The summed E-state index contributed by atoms with van der Waals surface area (Å²) in [7, 11) is 0. The fraction of sp³-hybridized carbons (Fsp3) is 0.423. The number of aromatic amines is 1. The predicted octanol–water partition coefficient (Wildman–Crippen LogP) is 6.53. The van der Waals surface area contributed by atoms with E-state index >= 15 is 0 Å². The van der Waals surface area contributed by atoms with Gasteiger partial charge in [-0.2, -0.15) is 8.78 Å². The second-order valence-electron chi connectivity index (χ2n) is 9.89. The molecule has 0 unspecified atom stereocenters. The summed E-state index contributed by atoms with van der Waals surface area (Å²) in [6, 6.07) is 9.60. The van der Waals surface area contributed by atoms with Crippen LogP contribution in [0.1, 0.15) is 58.8 Å². The van der Waals surface area contributed by atoms with Crippen molar-refractivity contribution >= 4 is 16.9 Å². The average molecular weight is 490 g/mol. The molecule has 0 bridgehead atoms. The number of aromatic carboxylic acids is 1. The van der Waals surface area contributed by atoms with Gasteiger partial charge in [-0.3, -0.25) is 4.90 Å². The van der Waals surface area contributed by atoms with Gasteiger partial charge < -0.3 is 14.8 Å². The number of nitrogens with zero attached hydrogens (tertiary/aromatic N) is 1. The number of ether oxygens (including phenoxy) is 1. The summed E-state index contributed by atoms with van der Waals surface area (Å²) in [6.45, 7) is -0.371. The fourth-order valence-electron chi connectivity index (χ4n) is 5.91. The molecule has 2 aromatic carbocycles. The third-order valence-corrected chi connectivity index (χ3v) is 7.49. The zero-order valence-electron chi connectivity index (χ0n) is 19.2. The number of hydrogen-bond acceptors (Lipinski definition) is 3. The van der Waals surface area contributed by atoms with Gasteiger partial charge in [-0.25, -0.2) is 13.6 Å². The van der Waals surface area contributed by atoms with Gasteiger partial charge in [0.1, 0.15) is 5.75 Å². The molecule has 1 aliphatic heterocycles. The average Bonchev–Trinajstić information content (AvgIpc) is 3.26. The Labute approximate surface area is 199 Å². The van der Waals surface area contributed by atoms with E-state index in [2.05, 4.69) is 9.88 Å². The monoisotopic (exact) mass is 490 g/mol. The van der Waals surface area contributed by atoms with Crippen LogP contribution in [0.2, 0.25) is 0 Å². The molecule has 5 rings (SSSR count). The van der Waals surface area contributed by atoms with Crippen LogP contribution < -0.4 is 4.74 Å². The maximum atomic E-state index is 13.9. The van der Waals surface area contributed by atoms with E-state index in [-0.39, 0.29) is 36.7 Å². The van der Waals surface area contributed by atoms with E-state index in [1.165, 1.54) is 12.1 Å².